The minimum atomic E-state index is -0.621. The molecule has 0 aromatic heterocycles. The summed E-state index contributed by atoms with van der Waals surface area (Å²) in [4.78, 5) is 22.7. The standard InChI is InChI=1S/C12H16N4O4/c1-9-7-13-4-5-14(9)8-10-2-3-11(15(17)18)6-12(10)16(19)20/h2-3,6,9,13H,4-5,7-8H2,1H3/t9-/m1/s1. The Bertz CT molecular complexity index is 534. The molecule has 20 heavy (non-hydrogen) atoms. The first-order valence-corrected chi connectivity index (χ1v) is 6.35. The molecule has 1 heterocycles. The van der Waals surface area contributed by atoms with E-state index in [-0.39, 0.29) is 17.4 Å². The van der Waals surface area contributed by atoms with Crippen molar-refractivity contribution in [2.45, 2.75) is 19.5 Å². The molecule has 0 saturated carbocycles. The highest BCUT2D eigenvalue weighted by atomic mass is 16.6. The maximum Gasteiger partial charge on any atom is 0.280 e. The van der Waals surface area contributed by atoms with Gasteiger partial charge in [-0.2, -0.15) is 0 Å². The Hall–Kier alpha value is -2.06. The number of non-ortho nitro benzene ring substituents is 1. The highest BCUT2D eigenvalue weighted by molar-refractivity contribution is 5.49. The third kappa shape index (κ3) is 3.09. The zero-order valence-corrected chi connectivity index (χ0v) is 11.1. The van der Waals surface area contributed by atoms with Crippen molar-refractivity contribution in [1.82, 2.24) is 10.2 Å². The van der Waals surface area contributed by atoms with Gasteiger partial charge in [0.25, 0.3) is 11.4 Å². The van der Waals surface area contributed by atoms with Crippen LogP contribution in [0.1, 0.15) is 12.5 Å². The third-order valence-corrected chi connectivity index (χ3v) is 3.49. The molecule has 8 heteroatoms. The summed E-state index contributed by atoms with van der Waals surface area (Å²) in [5.74, 6) is 0. The van der Waals surface area contributed by atoms with Crippen LogP contribution in [-0.4, -0.2) is 40.4 Å². The summed E-state index contributed by atoms with van der Waals surface area (Å²) >= 11 is 0. The molecule has 0 aliphatic carbocycles. The van der Waals surface area contributed by atoms with E-state index in [1.54, 1.807) is 0 Å². The Morgan fingerprint density at radius 2 is 2.10 bits per heavy atom. The molecule has 1 saturated heterocycles. The fourth-order valence-electron chi connectivity index (χ4n) is 2.31. The van der Waals surface area contributed by atoms with Crippen molar-refractivity contribution >= 4 is 11.4 Å². The quantitative estimate of drug-likeness (QED) is 0.658. The summed E-state index contributed by atoms with van der Waals surface area (Å²) in [6.45, 7) is 4.95. The van der Waals surface area contributed by atoms with E-state index in [0.29, 0.717) is 12.1 Å². The summed E-state index contributed by atoms with van der Waals surface area (Å²) in [7, 11) is 0. The van der Waals surface area contributed by atoms with Gasteiger partial charge in [-0.05, 0) is 13.0 Å². The van der Waals surface area contributed by atoms with Crippen molar-refractivity contribution in [1.29, 1.82) is 0 Å². The molecule has 1 fully saturated rings. The molecule has 1 aromatic carbocycles. The Kier molecular flexibility index (Phi) is 4.26. The Morgan fingerprint density at radius 3 is 2.70 bits per heavy atom. The van der Waals surface area contributed by atoms with Crippen molar-refractivity contribution in [3.63, 3.8) is 0 Å². The Balaban J connectivity index is 2.26. The fourth-order valence-corrected chi connectivity index (χ4v) is 2.31. The summed E-state index contributed by atoms with van der Waals surface area (Å²) in [5.41, 5.74) is 0.0630. The smallest absolute Gasteiger partial charge is 0.280 e. The topological polar surface area (TPSA) is 102 Å². The van der Waals surface area contributed by atoms with Crippen LogP contribution in [0.2, 0.25) is 0 Å². The molecule has 1 N–H and O–H groups in total. The van der Waals surface area contributed by atoms with Gasteiger partial charge in [-0.3, -0.25) is 25.1 Å². The van der Waals surface area contributed by atoms with Crippen LogP contribution in [0.4, 0.5) is 11.4 Å². The monoisotopic (exact) mass is 280 g/mol. The van der Waals surface area contributed by atoms with Crippen LogP contribution < -0.4 is 5.32 Å². The minimum Gasteiger partial charge on any atom is -0.314 e. The molecule has 8 nitrogen and oxygen atoms in total. The van der Waals surface area contributed by atoms with Crippen molar-refractivity contribution < 1.29 is 9.85 Å². The van der Waals surface area contributed by atoms with Crippen LogP contribution in [0.3, 0.4) is 0 Å². The maximum absolute atomic E-state index is 11.1. The molecule has 0 unspecified atom stereocenters. The number of nitro benzene ring substituents is 2. The van der Waals surface area contributed by atoms with Crippen molar-refractivity contribution in [2.24, 2.45) is 0 Å². The second kappa shape index (κ2) is 5.93. The van der Waals surface area contributed by atoms with E-state index in [1.165, 1.54) is 12.1 Å². The molecule has 1 aliphatic rings. The molecule has 2 rings (SSSR count). The fraction of sp³-hybridized carbons (Fsp3) is 0.500. The first kappa shape index (κ1) is 14.4. The van der Waals surface area contributed by atoms with E-state index in [9.17, 15) is 20.2 Å². The summed E-state index contributed by atoms with van der Waals surface area (Å²) < 4.78 is 0. The third-order valence-electron chi connectivity index (χ3n) is 3.49. The van der Waals surface area contributed by atoms with Gasteiger partial charge in [-0.1, -0.05) is 0 Å². The van der Waals surface area contributed by atoms with Crippen LogP contribution >= 0.6 is 0 Å². The number of rotatable bonds is 4. The lowest BCUT2D eigenvalue weighted by Gasteiger charge is -2.33. The van der Waals surface area contributed by atoms with E-state index in [1.807, 2.05) is 6.92 Å². The number of hydrogen-bond donors (Lipinski definition) is 1. The largest absolute Gasteiger partial charge is 0.314 e. The molecule has 108 valence electrons. The maximum atomic E-state index is 11.1. The van der Waals surface area contributed by atoms with Gasteiger partial charge in [0.1, 0.15) is 0 Å². The van der Waals surface area contributed by atoms with Crippen molar-refractivity contribution in [3.05, 3.63) is 44.0 Å². The average Bonchev–Trinajstić information content (AvgIpc) is 2.41. The number of nitro groups is 2. The van der Waals surface area contributed by atoms with Gasteiger partial charge in [0.2, 0.25) is 0 Å². The van der Waals surface area contributed by atoms with Crippen LogP contribution in [0, 0.1) is 20.2 Å². The first-order chi connectivity index (χ1) is 9.49. The SMILES string of the molecule is C[C@@H]1CNCCN1Cc1ccc([N+](=O)[O-])cc1[N+](=O)[O-]. The van der Waals surface area contributed by atoms with Gasteiger partial charge in [0.05, 0.1) is 15.9 Å². The number of benzene rings is 1. The van der Waals surface area contributed by atoms with Crippen LogP contribution in [0.5, 0.6) is 0 Å². The highest BCUT2D eigenvalue weighted by Gasteiger charge is 2.24. The molecule has 1 atom stereocenters. The lowest BCUT2D eigenvalue weighted by Crippen LogP contribution is -2.49. The van der Waals surface area contributed by atoms with Gasteiger partial charge >= 0.3 is 0 Å². The van der Waals surface area contributed by atoms with E-state index in [2.05, 4.69) is 10.2 Å². The van der Waals surface area contributed by atoms with Gasteiger partial charge in [0.15, 0.2) is 0 Å². The molecule has 0 spiro atoms. The molecular formula is C12H16N4O4. The summed E-state index contributed by atoms with van der Waals surface area (Å²) in [6, 6.07) is 4.10. The number of nitrogens with one attached hydrogen (secondary N) is 1. The minimum absolute atomic E-state index is 0.190. The lowest BCUT2D eigenvalue weighted by atomic mass is 10.1. The zero-order chi connectivity index (χ0) is 14.7. The molecular weight excluding hydrogens is 264 g/mol. The van der Waals surface area contributed by atoms with Gasteiger partial charge in [0, 0.05) is 43.9 Å². The van der Waals surface area contributed by atoms with Gasteiger partial charge in [-0.15, -0.1) is 0 Å². The summed E-state index contributed by atoms with van der Waals surface area (Å²) in [6.07, 6.45) is 0. The van der Waals surface area contributed by atoms with E-state index >= 15 is 0 Å². The summed E-state index contributed by atoms with van der Waals surface area (Å²) in [5, 5.41) is 25.0. The van der Waals surface area contributed by atoms with Crippen molar-refractivity contribution in [3.8, 4) is 0 Å². The zero-order valence-electron chi connectivity index (χ0n) is 11.1. The van der Waals surface area contributed by atoms with Crippen LogP contribution in [0.25, 0.3) is 0 Å². The lowest BCUT2D eigenvalue weighted by molar-refractivity contribution is -0.394. The van der Waals surface area contributed by atoms with E-state index < -0.39 is 9.85 Å². The number of piperazine rings is 1. The molecule has 1 aliphatic heterocycles. The molecule has 0 amide bonds. The molecule has 1 aromatic rings. The number of nitrogens with zero attached hydrogens (tertiary/aromatic N) is 3. The van der Waals surface area contributed by atoms with Crippen molar-refractivity contribution in [2.75, 3.05) is 19.6 Å². The Morgan fingerprint density at radius 1 is 1.35 bits per heavy atom. The normalized spacial score (nSPS) is 19.8. The number of hydrogen-bond acceptors (Lipinski definition) is 6. The molecule has 0 radical (unpaired) electrons. The predicted molar refractivity (Wildman–Crippen MR) is 72.5 cm³/mol. The van der Waals surface area contributed by atoms with E-state index in [0.717, 1.165) is 25.7 Å². The first-order valence-electron chi connectivity index (χ1n) is 6.35. The average molecular weight is 280 g/mol. The van der Waals surface area contributed by atoms with Crippen LogP contribution in [0.15, 0.2) is 18.2 Å². The van der Waals surface area contributed by atoms with Crippen LogP contribution in [-0.2, 0) is 6.54 Å². The highest BCUT2D eigenvalue weighted by Crippen LogP contribution is 2.26. The molecule has 0 bridgehead atoms. The van der Waals surface area contributed by atoms with E-state index in [4.69, 9.17) is 0 Å². The van der Waals surface area contributed by atoms with Gasteiger partial charge < -0.3 is 5.32 Å². The predicted octanol–water partition coefficient (Wildman–Crippen LogP) is 1.30. The second-order valence-electron chi connectivity index (χ2n) is 4.85. The van der Waals surface area contributed by atoms with Gasteiger partial charge in [-0.25, -0.2) is 0 Å². The Labute approximate surface area is 115 Å². The second-order valence-corrected chi connectivity index (χ2v) is 4.85.